The van der Waals surface area contributed by atoms with Gasteiger partial charge in [-0.3, -0.25) is 4.57 Å². The standard InChI is InChI=1S/C23H21F5N2O4S/c1-23(2,3)34-22(31)29-9-8-13-10-12(4-7-15(13)29)11-30(14-5-6-14)35(32,33)21-19(27)17(25)16(24)18(26)20(21)28/h4,7-10,14H,5-6,11H2,1-3H3. The Morgan fingerprint density at radius 1 is 1.00 bits per heavy atom. The number of benzene rings is 2. The van der Waals surface area contributed by atoms with Gasteiger partial charge in [-0.25, -0.2) is 35.2 Å². The van der Waals surface area contributed by atoms with Crippen molar-refractivity contribution in [2.75, 3.05) is 0 Å². The van der Waals surface area contributed by atoms with Gasteiger partial charge in [-0.15, -0.1) is 0 Å². The number of hydrogen-bond acceptors (Lipinski definition) is 4. The van der Waals surface area contributed by atoms with Gasteiger partial charge in [0.15, 0.2) is 28.2 Å². The molecule has 188 valence electrons. The molecule has 1 heterocycles. The van der Waals surface area contributed by atoms with Crippen molar-refractivity contribution in [3.63, 3.8) is 0 Å². The third kappa shape index (κ3) is 4.64. The molecule has 0 unspecified atom stereocenters. The fourth-order valence-corrected chi connectivity index (χ4v) is 5.43. The van der Waals surface area contributed by atoms with Crippen LogP contribution >= 0.6 is 0 Å². The van der Waals surface area contributed by atoms with E-state index in [-0.39, 0.29) is 6.54 Å². The first-order chi connectivity index (χ1) is 16.2. The highest BCUT2D eigenvalue weighted by Crippen LogP contribution is 2.37. The highest BCUT2D eigenvalue weighted by molar-refractivity contribution is 7.89. The number of nitrogens with zero attached hydrogens (tertiary/aromatic N) is 2. The fourth-order valence-electron chi connectivity index (χ4n) is 3.64. The zero-order valence-corrected chi connectivity index (χ0v) is 19.7. The molecule has 0 amide bonds. The van der Waals surface area contributed by atoms with Crippen molar-refractivity contribution in [1.82, 2.24) is 8.87 Å². The smallest absolute Gasteiger partial charge is 0.418 e. The number of halogens is 5. The van der Waals surface area contributed by atoms with Gasteiger partial charge >= 0.3 is 6.09 Å². The molecule has 0 atom stereocenters. The minimum absolute atomic E-state index is 0.367. The number of hydrogen-bond donors (Lipinski definition) is 0. The number of ether oxygens (including phenoxy) is 1. The molecule has 1 aromatic heterocycles. The first-order valence-electron chi connectivity index (χ1n) is 10.6. The van der Waals surface area contributed by atoms with Crippen molar-refractivity contribution in [2.45, 2.75) is 56.7 Å². The summed E-state index contributed by atoms with van der Waals surface area (Å²) >= 11 is 0. The van der Waals surface area contributed by atoms with Crippen molar-refractivity contribution < 1.29 is 39.9 Å². The van der Waals surface area contributed by atoms with E-state index in [1.54, 1.807) is 39.0 Å². The van der Waals surface area contributed by atoms with Crippen LogP contribution in [0.4, 0.5) is 26.7 Å². The second kappa shape index (κ2) is 8.59. The zero-order valence-electron chi connectivity index (χ0n) is 18.9. The molecule has 0 N–H and O–H groups in total. The molecule has 0 bridgehead atoms. The number of fused-ring (bicyclic) bond motifs is 1. The quantitative estimate of drug-likeness (QED) is 0.256. The Bertz CT molecular complexity index is 1410. The van der Waals surface area contributed by atoms with Crippen molar-refractivity contribution in [3.8, 4) is 0 Å². The van der Waals surface area contributed by atoms with Gasteiger partial charge in [-0.05, 0) is 57.4 Å². The Kier molecular flexibility index (Phi) is 6.17. The van der Waals surface area contributed by atoms with Crippen LogP contribution in [-0.4, -0.2) is 35.0 Å². The van der Waals surface area contributed by atoms with E-state index in [1.165, 1.54) is 16.8 Å². The highest BCUT2D eigenvalue weighted by atomic mass is 32.2. The van der Waals surface area contributed by atoms with Crippen LogP contribution < -0.4 is 0 Å². The summed E-state index contributed by atoms with van der Waals surface area (Å²) in [6.07, 6.45) is 1.60. The molecule has 35 heavy (non-hydrogen) atoms. The average molecular weight is 516 g/mol. The Morgan fingerprint density at radius 3 is 2.11 bits per heavy atom. The van der Waals surface area contributed by atoms with E-state index in [4.69, 9.17) is 4.74 Å². The van der Waals surface area contributed by atoms with Crippen molar-refractivity contribution >= 4 is 27.0 Å². The lowest BCUT2D eigenvalue weighted by atomic mass is 10.1. The Hall–Kier alpha value is -2.99. The number of sulfonamides is 1. The normalized spacial score (nSPS) is 14.7. The number of carbonyl (C=O) groups excluding carboxylic acids is 1. The number of aromatic nitrogens is 1. The lowest BCUT2D eigenvalue weighted by Crippen LogP contribution is -2.34. The van der Waals surface area contributed by atoms with Crippen LogP contribution in [0, 0.1) is 29.1 Å². The monoisotopic (exact) mass is 516 g/mol. The van der Waals surface area contributed by atoms with E-state index in [0.29, 0.717) is 29.3 Å². The van der Waals surface area contributed by atoms with Crippen LogP contribution in [0.3, 0.4) is 0 Å². The molecule has 1 aliphatic rings. The molecule has 6 nitrogen and oxygen atoms in total. The van der Waals surface area contributed by atoms with Crippen LogP contribution in [-0.2, 0) is 21.3 Å². The first kappa shape index (κ1) is 25.1. The predicted octanol–water partition coefficient (Wildman–Crippen LogP) is 5.47. The van der Waals surface area contributed by atoms with Crippen LogP contribution in [0.2, 0.25) is 0 Å². The minimum atomic E-state index is -5.08. The number of carbonyl (C=O) groups is 1. The van der Waals surface area contributed by atoms with E-state index in [2.05, 4.69) is 0 Å². The first-order valence-corrected chi connectivity index (χ1v) is 12.0. The van der Waals surface area contributed by atoms with Gasteiger partial charge in [0.1, 0.15) is 5.60 Å². The molecule has 0 radical (unpaired) electrons. The van der Waals surface area contributed by atoms with E-state index in [9.17, 15) is 35.2 Å². The van der Waals surface area contributed by atoms with Crippen LogP contribution in [0.15, 0.2) is 35.4 Å². The Morgan fingerprint density at radius 2 is 1.57 bits per heavy atom. The summed E-state index contributed by atoms with van der Waals surface area (Å²) < 4.78 is 103. The summed E-state index contributed by atoms with van der Waals surface area (Å²) in [6.45, 7) is 4.77. The third-order valence-corrected chi connectivity index (χ3v) is 7.29. The SMILES string of the molecule is CC(C)(C)OC(=O)n1ccc2cc(CN(C3CC3)S(=O)(=O)c3c(F)c(F)c(F)c(F)c3F)ccc21. The van der Waals surface area contributed by atoms with Crippen LogP contribution in [0.1, 0.15) is 39.2 Å². The van der Waals surface area contributed by atoms with Crippen molar-refractivity contribution in [1.29, 1.82) is 0 Å². The maximum absolute atomic E-state index is 14.3. The lowest BCUT2D eigenvalue weighted by Gasteiger charge is -2.23. The van der Waals surface area contributed by atoms with Crippen molar-refractivity contribution in [3.05, 3.63) is 65.1 Å². The third-order valence-electron chi connectivity index (χ3n) is 5.37. The van der Waals surface area contributed by atoms with Gasteiger partial charge < -0.3 is 4.74 Å². The van der Waals surface area contributed by atoms with E-state index in [0.717, 1.165) is 4.31 Å². The zero-order chi connectivity index (χ0) is 25.9. The molecule has 0 saturated heterocycles. The molecule has 0 aliphatic heterocycles. The molecule has 12 heteroatoms. The van der Waals surface area contributed by atoms with Gasteiger partial charge in [-0.2, -0.15) is 4.31 Å². The van der Waals surface area contributed by atoms with E-state index in [1.807, 2.05) is 0 Å². The van der Waals surface area contributed by atoms with Crippen LogP contribution in [0.5, 0.6) is 0 Å². The molecule has 1 aliphatic carbocycles. The van der Waals surface area contributed by atoms with E-state index < -0.39 is 61.7 Å². The van der Waals surface area contributed by atoms with Gasteiger partial charge in [0, 0.05) is 24.2 Å². The maximum atomic E-state index is 14.3. The van der Waals surface area contributed by atoms with Gasteiger partial charge in [-0.1, -0.05) is 6.07 Å². The summed E-state index contributed by atoms with van der Waals surface area (Å²) in [5.74, 6) is -11.9. The van der Waals surface area contributed by atoms with Crippen LogP contribution in [0.25, 0.3) is 10.9 Å². The lowest BCUT2D eigenvalue weighted by molar-refractivity contribution is 0.0544. The second-order valence-corrected chi connectivity index (χ2v) is 11.1. The predicted molar refractivity (Wildman–Crippen MR) is 116 cm³/mol. The summed E-state index contributed by atoms with van der Waals surface area (Å²) in [7, 11) is -5.08. The summed E-state index contributed by atoms with van der Waals surface area (Å²) in [5, 5.41) is 0.553. The fraction of sp³-hybridized carbons (Fsp3) is 0.348. The van der Waals surface area contributed by atoms with E-state index >= 15 is 0 Å². The summed E-state index contributed by atoms with van der Waals surface area (Å²) in [4.78, 5) is 10.5. The second-order valence-electron chi connectivity index (χ2n) is 9.24. The largest absolute Gasteiger partial charge is 0.443 e. The molecular formula is C23H21F5N2O4S. The average Bonchev–Trinajstić information content (AvgIpc) is 3.51. The Balaban J connectivity index is 1.70. The maximum Gasteiger partial charge on any atom is 0.418 e. The van der Waals surface area contributed by atoms with Gasteiger partial charge in [0.2, 0.25) is 15.8 Å². The molecule has 1 fully saturated rings. The molecule has 3 aromatic rings. The summed E-state index contributed by atoms with van der Waals surface area (Å²) in [6, 6.07) is 5.57. The molecule has 4 rings (SSSR count). The van der Waals surface area contributed by atoms with Gasteiger partial charge in [0.05, 0.1) is 5.52 Å². The van der Waals surface area contributed by atoms with Crippen molar-refractivity contribution in [2.24, 2.45) is 0 Å². The Labute approximate surface area is 197 Å². The molecule has 1 saturated carbocycles. The molecule has 2 aromatic carbocycles. The topological polar surface area (TPSA) is 68.6 Å². The molecule has 0 spiro atoms. The van der Waals surface area contributed by atoms with Gasteiger partial charge in [0.25, 0.3) is 0 Å². The highest BCUT2D eigenvalue weighted by Gasteiger charge is 2.43. The number of rotatable bonds is 5. The minimum Gasteiger partial charge on any atom is -0.443 e. The summed E-state index contributed by atoms with van der Waals surface area (Å²) in [5.41, 5.74) is 0.138. The molecular weight excluding hydrogens is 495 g/mol.